The van der Waals surface area contributed by atoms with Crippen LogP contribution in [0.1, 0.15) is 18.4 Å². The van der Waals surface area contributed by atoms with E-state index in [4.69, 9.17) is 11.1 Å². The number of carbonyl (C=O) groups excluding carboxylic acids is 1. The van der Waals surface area contributed by atoms with E-state index in [0.717, 1.165) is 23.1 Å². The molecule has 0 aromatic heterocycles. The van der Waals surface area contributed by atoms with Crippen molar-refractivity contribution in [2.45, 2.75) is 25.6 Å². The van der Waals surface area contributed by atoms with E-state index in [-0.39, 0.29) is 18.5 Å². The van der Waals surface area contributed by atoms with Gasteiger partial charge in [-0.05, 0) is 37.0 Å². The standard InChI is InChI=1S/C18H20F5N3O2S/c19-13-2-1-3-14(20)12(13)9-26(6-4-11-5-7-29(28)10-11)17(27)15(24)8-16(25)18(21,22)23/h1-3,8,11,24H,4-7,9-10,25H2. The van der Waals surface area contributed by atoms with Crippen LogP contribution in [0.15, 0.2) is 30.0 Å². The SMILES string of the molecule is N=C(C=C(N)C(F)(F)F)C(=O)N(CCC1CCS(=O)C1)Cc1c(F)cccc1F. The number of halogens is 5. The van der Waals surface area contributed by atoms with E-state index in [1.165, 1.54) is 0 Å². The molecule has 2 rings (SSSR count). The van der Waals surface area contributed by atoms with Gasteiger partial charge in [-0.3, -0.25) is 14.4 Å². The molecule has 2 atom stereocenters. The summed E-state index contributed by atoms with van der Waals surface area (Å²) >= 11 is 0. The zero-order chi connectivity index (χ0) is 21.8. The predicted molar refractivity (Wildman–Crippen MR) is 98.4 cm³/mol. The van der Waals surface area contributed by atoms with Crippen molar-refractivity contribution in [3.63, 3.8) is 0 Å². The van der Waals surface area contributed by atoms with Crippen molar-refractivity contribution in [2.75, 3.05) is 18.1 Å². The summed E-state index contributed by atoms with van der Waals surface area (Å²) in [5.41, 5.74) is 1.74. The highest BCUT2D eigenvalue weighted by Crippen LogP contribution is 2.23. The first-order valence-corrected chi connectivity index (χ1v) is 10.2. The summed E-state index contributed by atoms with van der Waals surface area (Å²) in [6.45, 7) is -0.619. The lowest BCUT2D eigenvalue weighted by molar-refractivity contribution is -0.124. The fourth-order valence-corrected chi connectivity index (χ4v) is 4.51. The Morgan fingerprint density at radius 1 is 1.31 bits per heavy atom. The van der Waals surface area contributed by atoms with Crippen LogP contribution in [0.3, 0.4) is 0 Å². The van der Waals surface area contributed by atoms with Gasteiger partial charge in [-0.15, -0.1) is 0 Å². The van der Waals surface area contributed by atoms with Crippen LogP contribution in [0, 0.1) is 23.0 Å². The van der Waals surface area contributed by atoms with Gasteiger partial charge in [0.15, 0.2) is 0 Å². The van der Waals surface area contributed by atoms with Crippen LogP contribution in [0.5, 0.6) is 0 Å². The number of hydrogen-bond acceptors (Lipinski definition) is 4. The zero-order valence-corrected chi connectivity index (χ0v) is 16.1. The van der Waals surface area contributed by atoms with Crippen molar-refractivity contribution in [2.24, 2.45) is 11.7 Å². The highest BCUT2D eigenvalue weighted by atomic mass is 32.2. The second kappa shape index (κ2) is 9.47. The maximum Gasteiger partial charge on any atom is 0.430 e. The minimum atomic E-state index is -4.91. The number of benzene rings is 1. The van der Waals surface area contributed by atoms with Gasteiger partial charge >= 0.3 is 6.18 Å². The Balaban J connectivity index is 2.22. The topological polar surface area (TPSA) is 87.2 Å². The Morgan fingerprint density at radius 3 is 2.45 bits per heavy atom. The number of nitrogens with zero attached hydrogens (tertiary/aromatic N) is 1. The maximum atomic E-state index is 14.0. The largest absolute Gasteiger partial charge is 0.430 e. The van der Waals surface area contributed by atoms with Crippen LogP contribution in [-0.2, 0) is 22.1 Å². The van der Waals surface area contributed by atoms with E-state index in [1.54, 1.807) is 0 Å². The van der Waals surface area contributed by atoms with Crippen LogP contribution in [0.2, 0.25) is 0 Å². The summed E-state index contributed by atoms with van der Waals surface area (Å²) in [5, 5.41) is 7.64. The van der Waals surface area contributed by atoms with E-state index in [9.17, 15) is 31.0 Å². The number of hydrogen-bond donors (Lipinski definition) is 2. The van der Waals surface area contributed by atoms with Gasteiger partial charge in [0.2, 0.25) is 0 Å². The third kappa shape index (κ3) is 6.34. The molecule has 0 saturated carbocycles. The molecule has 3 N–H and O–H groups in total. The van der Waals surface area contributed by atoms with Gasteiger partial charge < -0.3 is 10.6 Å². The first-order chi connectivity index (χ1) is 13.5. The molecule has 1 aromatic carbocycles. The summed E-state index contributed by atoms with van der Waals surface area (Å²) in [6, 6.07) is 3.13. The molecule has 2 unspecified atom stereocenters. The molecular formula is C18H20F5N3O2S. The lowest BCUT2D eigenvalue weighted by Crippen LogP contribution is -2.38. The number of rotatable bonds is 7. The summed E-state index contributed by atoms with van der Waals surface area (Å²) in [5.74, 6) is -2.01. The summed E-state index contributed by atoms with van der Waals surface area (Å²) in [7, 11) is -0.967. The highest BCUT2D eigenvalue weighted by Gasteiger charge is 2.33. The van der Waals surface area contributed by atoms with Gasteiger partial charge in [0, 0.05) is 34.4 Å². The molecule has 11 heteroatoms. The van der Waals surface area contributed by atoms with Gasteiger partial charge in [-0.1, -0.05) is 6.07 Å². The third-order valence-corrected chi connectivity index (χ3v) is 6.07. The van der Waals surface area contributed by atoms with E-state index >= 15 is 0 Å². The second-order valence-corrected chi connectivity index (χ2v) is 8.31. The Bertz CT molecular complexity index is 821. The molecule has 1 amide bonds. The first-order valence-electron chi connectivity index (χ1n) is 8.69. The smallest absolute Gasteiger partial charge is 0.395 e. The van der Waals surface area contributed by atoms with Crippen LogP contribution in [0.4, 0.5) is 22.0 Å². The van der Waals surface area contributed by atoms with Crippen LogP contribution >= 0.6 is 0 Å². The second-order valence-electron chi connectivity index (χ2n) is 6.69. The molecule has 0 aliphatic carbocycles. The van der Waals surface area contributed by atoms with Gasteiger partial charge in [0.05, 0.1) is 6.54 Å². The summed E-state index contributed by atoms with van der Waals surface area (Å²) in [6.07, 6.45) is -3.74. The number of amides is 1. The number of carbonyl (C=O) groups is 1. The zero-order valence-electron chi connectivity index (χ0n) is 15.3. The molecule has 5 nitrogen and oxygen atoms in total. The van der Waals surface area contributed by atoms with Gasteiger partial charge in [-0.2, -0.15) is 13.2 Å². The fraction of sp³-hybridized carbons (Fsp3) is 0.444. The number of nitrogens with two attached hydrogens (primary N) is 1. The molecule has 29 heavy (non-hydrogen) atoms. The monoisotopic (exact) mass is 437 g/mol. The highest BCUT2D eigenvalue weighted by molar-refractivity contribution is 7.85. The van der Waals surface area contributed by atoms with Gasteiger partial charge in [0.1, 0.15) is 23.0 Å². The van der Waals surface area contributed by atoms with E-state index < -0.39 is 58.0 Å². The molecular weight excluding hydrogens is 417 g/mol. The molecule has 0 radical (unpaired) electrons. The van der Waals surface area contributed by atoms with Crippen molar-refractivity contribution >= 4 is 22.4 Å². The average molecular weight is 437 g/mol. The normalized spacial score (nSPS) is 20.0. The Labute approximate surface area is 166 Å². The van der Waals surface area contributed by atoms with E-state index in [2.05, 4.69) is 0 Å². The van der Waals surface area contributed by atoms with Crippen LogP contribution in [-0.4, -0.2) is 45.0 Å². The predicted octanol–water partition coefficient (Wildman–Crippen LogP) is 2.88. The Kier molecular flexibility index (Phi) is 7.50. The van der Waals surface area contributed by atoms with Crippen molar-refractivity contribution in [1.82, 2.24) is 4.90 Å². The number of nitrogens with one attached hydrogen (secondary N) is 1. The minimum Gasteiger partial charge on any atom is -0.395 e. The molecule has 1 aromatic rings. The molecule has 1 aliphatic rings. The summed E-state index contributed by atoms with van der Waals surface area (Å²) < 4.78 is 77.2. The molecule has 1 aliphatic heterocycles. The van der Waals surface area contributed by atoms with Crippen molar-refractivity contribution in [3.05, 3.63) is 47.2 Å². The quantitative estimate of drug-likeness (QED) is 0.508. The molecule has 160 valence electrons. The van der Waals surface area contributed by atoms with Crippen molar-refractivity contribution in [1.29, 1.82) is 5.41 Å². The summed E-state index contributed by atoms with van der Waals surface area (Å²) in [4.78, 5) is 13.4. The van der Waals surface area contributed by atoms with Crippen molar-refractivity contribution in [3.8, 4) is 0 Å². The molecule has 0 spiro atoms. The maximum absolute atomic E-state index is 14.0. The van der Waals surface area contributed by atoms with Crippen molar-refractivity contribution < 1.29 is 31.0 Å². The Hall–Kier alpha value is -2.30. The minimum absolute atomic E-state index is 0.0153. The lowest BCUT2D eigenvalue weighted by atomic mass is 10.0. The number of alkyl halides is 3. The molecule has 0 bridgehead atoms. The third-order valence-electron chi connectivity index (χ3n) is 4.54. The number of allylic oxidation sites excluding steroid dienone is 1. The molecule has 1 fully saturated rings. The average Bonchev–Trinajstić information content (AvgIpc) is 3.04. The Morgan fingerprint density at radius 2 is 1.93 bits per heavy atom. The molecule has 1 heterocycles. The van der Waals surface area contributed by atoms with Crippen LogP contribution < -0.4 is 5.73 Å². The van der Waals surface area contributed by atoms with Crippen LogP contribution in [0.25, 0.3) is 0 Å². The van der Waals surface area contributed by atoms with Gasteiger partial charge in [-0.25, -0.2) is 8.78 Å². The molecule has 1 saturated heterocycles. The lowest BCUT2D eigenvalue weighted by Gasteiger charge is -2.24. The fourth-order valence-electron chi connectivity index (χ4n) is 2.89. The van der Waals surface area contributed by atoms with E-state index in [0.29, 0.717) is 24.3 Å². The van der Waals surface area contributed by atoms with Gasteiger partial charge in [0.25, 0.3) is 5.91 Å². The first kappa shape index (κ1) is 23.0. The van der Waals surface area contributed by atoms with E-state index in [1.807, 2.05) is 0 Å².